The first-order valence-corrected chi connectivity index (χ1v) is 32.4. The maximum absolute atomic E-state index is 2.72. The number of hydrogen-bond acceptors (Lipinski definition) is 4. The molecule has 0 saturated heterocycles. The van der Waals surface area contributed by atoms with Gasteiger partial charge in [-0.25, -0.2) is 0 Å². The van der Waals surface area contributed by atoms with Crippen molar-refractivity contribution in [3.63, 3.8) is 0 Å². The van der Waals surface area contributed by atoms with Crippen LogP contribution in [0.15, 0.2) is 224 Å². The van der Waals surface area contributed by atoms with Gasteiger partial charge in [-0.3, -0.25) is 0 Å². The van der Waals surface area contributed by atoms with E-state index in [1.807, 2.05) is 0 Å². The lowest BCUT2D eigenvalue weighted by Gasteiger charge is -2.47. The van der Waals surface area contributed by atoms with Gasteiger partial charge in [-0.1, -0.05) is 213 Å². The van der Waals surface area contributed by atoms with Crippen molar-refractivity contribution in [2.24, 2.45) is 0 Å². The molecule has 0 unspecified atom stereocenters. The average Bonchev–Trinajstić information content (AvgIpc) is 1.16. The number of aromatic nitrogens is 1. The average molecular weight is 1170 g/mol. The van der Waals surface area contributed by atoms with E-state index in [4.69, 9.17) is 0 Å². The first-order valence-electron chi connectivity index (χ1n) is 32.4. The Hall–Kier alpha value is -9.26. The van der Waals surface area contributed by atoms with E-state index in [-0.39, 0.29) is 33.8 Å². The highest BCUT2D eigenvalue weighted by Gasteiger charge is 2.48. The normalized spacial score (nSPS) is 13.7. The molecule has 0 bridgehead atoms. The Bertz CT molecular complexity index is 4750. The van der Waals surface area contributed by atoms with Gasteiger partial charge in [0.1, 0.15) is 0 Å². The molecule has 0 saturated carbocycles. The number of fused-ring (bicyclic) bond motifs is 10. The molecule has 12 aromatic rings. The van der Waals surface area contributed by atoms with Crippen LogP contribution in [0.2, 0.25) is 0 Å². The number of rotatable bonds is 7. The van der Waals surface area contributed by atoms with Gasteiger partial charge in [0.25, 0.3) is 6.71 Å². The van der Waals surface area contributed by atoms with Crippen molar-refractivity contribution < 1.29 is 0 Å². The summed E-state index contributed by atoms with van der Waals surface area (Å²) in [7, 11) is 0. The standard InChI is InChI=1S/C84H82BN5/c1-80(2,3)55-31-37-62(38-32-55)86(63-39-33-56(34-40-63)81(4,5)6)65-41-42-69-72(50-65)88(64-36-30-53-24-22-23-25-54(53)44-64)73-51-66(87(60-26-18-16-19-27-60)61-28-20-17-21-29-61)52-74-77(73)85(69)70-47-59(84(13,14)15)49-76-79(70)90(74)75-48-58(83(10,11)12)46-68-67-45-57(82(7,8)9)35-43-71(67)89(76)78(68)75/h16-52H,1-15H3. The Morgan fingerprint density at radius 3 is 1.34 bits per heavy atom. The Balaban J connectivity index is 1.10. The largest absolute Gasteiger partial charge is 0.311 e. The molecule has 0 amide bonds. The van der Waals surface area contributed by atoms with Crippen LogP contribution >= 0.6 is 0 Å². The van der Waals surface area contributed by atoms with Gasteiger partial charge >= 0.3 is 0 Å². The number of hydrogen-bond donors (Lipinski definition) is 0. The van der Waals surface area contributed by atoms with E-state index in [1.54, 1.807) is 0 Å². The van der Waals surface area contributed by atoms with E-state index < -0.39 is 0 Å². The van der Waals surface area contributed by atoms with Gasteiger partial charge in [-0.15, -0.1) is 0 Å². The van der Waals surface area contributed by atoms with Gasteiger partial charge in [0.15, 0.2) is 0 Å². The van der Waals surface area contributed by atoms with Crippen molar-refractivity contribution in [1.29, 1.82) is 0 Å². The SMILES string of the molecule is CC(C)(C)c1ccc(N(c2ccc(C(C)(C)C)cc2)c2ccc3c(c2)N(c2ccc4ccccc4c2)c2cc(N(c4ccccc4)c4ccccc4)cc4c2B3c2cc(C(C)(C)C)cc3c2N4c2cc(C(C)(C)C)cc4c5cc(C(C)(C)C)ccc5n-3c24)cc1. The molecule has 3 aliphatic rings. The fraction of sp³-hybridized carbons (Fsp3) is 0.238. The summed E-state index contributed by atoms with van der Waals surface area (Å²) in [6.45, 7) is 35.0. The quantitative estimate of drug-likeness (QED) is 0.148. The van der Waals surface area contributed by atoms with E-state index in [0.29, 0.717) is 0 Å². The first-order chi connectivity index (χ1) is 42.8. The predicted octanol–water partition coefficient (Wildman–Crippen LogP) is 21.8. The van der Waals surface area contributed by atoms with Crippen LogP contribution in [-0.4, -0.2) is 11.3 Å². The highest BCUT2D eigenvalue weighted by molar-refractivity contribution is 7.00. The molecule has 11 aromatic carbocycles. The smallest absolute Gasteiger partial charge is 0.252 e. The van der Waals surface area contributed by atoms with Crippen molar-refractivity contribution in [2.45, 2.75) is 131 Å². The van der Waals surface area contributed by atoms with Crippen LogP contribution in [0.25, 0.3) is 38.3 Å². The second-order valence-corrected chi connectivity index (χ2v) is 30.9. The molecule has 6 heteroatoms. The zero-order chi connectivity index (χ0) is 62.7. The topological polar surface area (TPSA) is 17.9 Å². The summed E-state index contributed by atoms with van der Waals surface area (Å²) in [5.41, 5.74) is 27.3. The van der Waals surface area contributed by atoms with Crippen LogP contribution < -0.4 is 36.0 Å². The van der Waals surface area contributed by atoms with Gasteiger partial charge in [-0.05, 0) is 197 Å². The van der Waals surface area contributed by atoms with Gasteiger partial charge in [0.2, 0.25) is 0 Å². The fourth-order valence-corrected chi connectivity index (χ4v) is 14.5. The van der Waals surface area contributed by atoms with Crippen LogP contribution in [0.5, 0.6) is 0 Å². The number of nitrogens with zero attached hydrogens (tertiary/aromatic N) is 5. The summed E-state index contributed by atoms with van der Waals surface area (Å²) in [6, 6.07) is 86.4. The van der Waals surface area contributed by atoms with Crippen LogP contribution in [0.1, 0.15) is 132 Å². The van der Waals surface area contributed by atoms with Crippen molar-refractivity contribution >= 4 is 124 Å². The number of anilines is 12. The van der Waals surface area contributed by atoms with Gasteiger partial charge in [-0.2, -0.15) is 0 Å². The zero-order valence-corrected chi connectivity index (χ0v) is 55.2. The molecular formula is C84H82BN5. The Morgan fingerprint density at radius 2 is 0.767 bits per heavy atom. The summed E-state index contributed by atoms with van der Waals surface area (Å²) in [5.74, 6) is 0. The molecule has 5 nitrogen and oxygen atoms in total. The maximum atomic E-state index is 2.72. The molecule has 1 aromatic heterocycles. The minimum absolute atomic E-state index is 0.00213. The van der Waals surface area contributed by atoms with Crippen molar-refractivity contribution in [3.05, 3.63) is 252 Å². The predicted molar refractivity (Wildman–Crippen MR) is 389 cm³/mol. The molecule has 4 heterocycles. The van der Waals surface area contributed by atoms with Gasteiger partial charge < -0.3 is 24.2 Å². The molecule has 0 fully saturated rings. The van der Waals surface area contributed by atoms with E-state index in [1.165, 1.54) is 99.5 Å². The maximum Gasteiger partial charge on any atom is 0.252 e. The number of benzene rings is 11. The Labute approximate surface area is 533 Å². The third-order valence-electron chi connectivity index (χ3n) is 19.6. The van der Waals surface area contributed by atoms with E-state index >= 15 is 0 Å². The van der Waals surface area contributed by atoms with E-state index in [9.17, 15) is 0 Å². The summed E-state index contributed by atoms with van der Waals surface area (Å²) >= 11 is 0. The number of para-hydroxylation sites is 2. The minimum atomic E-state index is -0.183. The van der Waals surface area contributed by atoms with Gasteiger partial charge in [0, 0.05) is 62.0 Å². The van der Waals surface area contributed by atoms with Crippen molar-refractivity contribution in [3.8, 4) is 5.69 Å². The Morgan fingerprint density at radius 1 is 0.300 bits per heavy atom. The molecule has 0 radical (unpaired) electrons. The molecular weight excluding hydrogens is 1090 g/mol. The first kappa shape index (κ1) is 57.2. The highest BCUT2D eigenvalue weighted by Crippen LogP contribution is 2.56. The molecule has 0 atom stereocenters. The molecule has 90 heavy (non-hydrogen) atoms. The third kappa shape index (κ3) is 9.26. The summed E-state index contributed by atoms with van der Waals surface area (Å²) in [4.78, 5) is 10.3. The summed E-state index contributed by atoms with van der Waals surface area (Å²) in [6.07, 6.45) is 0. The Kier molecular flexibility index (Phi) is 12.8. The third-order valence-corrected chi connectivity index (χ3v) is 19.6. The van der Waals surface area contributed by atoms with Crippen LogP contribution in [-0.2, 0) is 27.1 Å². The molecule has 3 aliphatic heterocycles. The fourth-order valence-electron chi connectivity index (χ4n) is 14.5. The van der Waals surface area contributed by atoms with Crippen molar-refractivity contribution in [1.82, 2.24) is 4.57 Å². The van der Waals surface area contributed by atoms with Crippen LogP contribution in [0, 0.1) is 0 Å². The monoisotopic (exact) mass is 1170 g/mol. The second-order valence-electron chi connectivity index (χ2n) is 30.9. The molecule has 0 aliphatic carbocycles. The molecule has 0 N–H and O–H groups in total. The molecule has 0 spiro atoms. The molecule has 446 valence electrons. The molecule has 15 rings (SSSR count). The highest BCUT2D eigenvalue weighted by atomic mass is 15.2. The minimum Gasteiger partial charge on any atom is -0.311 e. The zero-order valence-electron chi connectivity index (χ0n) is 55.2. The van der Waals surface area contributed by atoms with Gasteiger partial charge in [0.05, 0.1) is 33.8 Å². The summed E-state index contributed by atoms with van der Waals surface area (Å²) < 4.78 is 2.65. The lowest BCUT2D eigenvalue weighted by molar-refractivity contribution is 0.590. The van der Waals surface area contributed by atoms with E-state index in [2.05, 4.69) is 352 Å². The lowest BCUT2D eigenvalue weighted by Crippen LogP contribution is -2.62. The van der Waals surface area contributed by atoms with E-state index in [0.717, 1.165) is 51.2 Å². The van der Waals surface area contributed by atoms with Crippen LogP contribution in [0.4, 0.5) is 68.2 Å². The summed E-state index contributed by atoms with van der Waals surface area (Å²) in [5, 5.41) is 4.98. The lowest BCUT2D eigenvalue weighted by atomic mass is 9.33. The second kappa shape index (κ2) is 20.1. The van der Waals surface area contributed by atoms with Crippen LogP contribution in [0.3, 0.4) is 0 Å². The van der Waals surface area contributed by atoms with Crippen molar-refractivity contribution in [2.75, 3.05) is 19.6 Å².